The van der Waals surface area contributed by atoms with E-state index in [2.05, 4.69) is 28.4 Å². The number of hydrogen-bond acceptors (Lipinski definition) is 2. The molecule has 0 atom stereocenters. The Balaban J connectivity index is 1.19. The van der Waals surface area contributed by atoms with Crippen molar-refractivity contribution in [3.63, 3.8) is 0 Å². The summed E-state index contributed by atoms with van der Waals surface area (Å²) in [5.41, 5.74) is 4.46. The van der Waals surface area contributed by atoms with Crippen molar-refractivity contribution < 1.29 is 9.18 Å². The summed E-state index contributed by atoms with van der Waals surface area (Å²) < 4.78 is 13.4. The van der Waals surface area contributed by atoms with Crippen LogP contribution in [0.3, 0.4) is 0 Å². The first-order valence-corrected chi connectivity index (χ1v) is 10.2. The predicted octanol–water partition coefficient (Wildman–Crippen LogP) is 3.99. The first-order chi connectivity index (χ1) is 13.7. The van der Waals surface area contributed by atoms with E-state index in [4.69, 9.17) is 0 Å². The highest BCUT2D eigenvalue weighted by Gasteiger charge is 2.38. The summed E-state index contributed by atoms with van der Waals surface area (Å²) >= 11 is 0. The molecular weight excluding hydrogens is 353 g/mol. The quantitative estimate of drug-likeness (QED) is 0.730. The summed E-state index contributed by atoms with van der Waals surface area (Å²) in [7, 11) is 0. The van der Waals surface area contributed by atoms with Crippen LogP contribution in [0.1, 0.15) is 42.4 Å². The van der Waals surface area contributed by atoms with Crippen molar-refractivity contribution in [2.45, 2.75) is 50.7 Å². The van der Waals surface area contributed by atoms with E-state index in [1.807, 2.05) is 4.90 Å². The van der Waals surface area contributed by atoms with Gasteiger partial charge in [0.25, 0.3) is 0 Å². The number of nitrogens with zero attached hydrogens (tertiary/aromatic N) is 2. The average Bonchev–Trinajstić information content (AvgIpc) is 3.58. The molecule has 3 aliphatic rings. The van der Waals surface area contributed by atoms with Crippen molar-refractivity contribution in [3.8, 4) is 0 Å². The largest absolute Gasteiger partial charge is 0.322 e. The molecule has 5 heteroatoms. The van der Waals surface area contributed by atoms with E-state index in [-0.39, 0.29) is 17.9 Å². The Labute approximate surface area is 165 Å². The number of halogens is 1. The number of piperidine rings is 1. The lowest BCUT2D eigenvalue weighted by Crippen LogP contribution is -2.49. The second-order valence-corrected chi connectivity index (χ2v) is 8.19. The molecule has 2 fully saturated rings. The first kappa shape index (κ1) is 17.5. The Kier molecular flexibility index (Phi) is 4.44. The van der Waals surface area contributed by atoms with Gasteiger partial charge in [-0.3, -0.25) is 4.90 Å². The molecular formula is C23H24FN3O. The Hall–Kier alpha value is -2.58. The summed E-state index contributed by atoms with van der Waals surface area (Å²) in [6.45, 7) is 2.87. The number of rotatable bonds is 5. The van der Waals surface area contributed by atoms with E-state index in [0.29, 0.717) is 11.7 Å². The maximum atomic E-state index is 13.4. The minimum Gasteiger partial charge on any atom is -0.318 e. The second kappa shape index (κ2) is 7.10. The number of fused-ring (bicyclic) bond motifs is 1. The number of amides is 2. The maximum absolute atomic E-state index is 13.4. The van der Waals surface area contributed by atoms with E-state index in [1.165, 1.54) is 28.8 Å². The molecule has 1 heterocycles. The van der Waals surface area contributed by atoms with Crippen molar-refractivity contribution >= 4 is 11.7 Å². The van der Waals surface area contributed by atoms with Crippen molar-refractivity contribution in [2.24, 2.45) is 0 Å². The fourth-order valence-corrected chi connectivity index (χ4v) is 4.23. The number of likely N-dealkylation sites (tertiary alicyclic amines) is 1. The second-order valence-electron chi connectivity index (χ2n) is 8.19. The number of carbonyl (C=O) groups excluding carboxylic acids is 1. The molecule has 0 unspecified atom stereocenters. The van der Waals surface area contributed by atoms with Crippen LogP contribution in [0.5, 0.6) is 0 Å². The van der Waals surface area contributed by atoms with Gasteiger partial charge in [0.2, 0.25) is 0 Å². The van der Waals surface area contributed by atoms with Gasteiger partial charge in [0.05, 0.1) is 0 Å². The average molecular weight is 377 g/mol. The van der Waals surface area contributed by atoms with Crippen LogP contribution in [-0.4, -0.2) is 41.0 Å². The van der Waals surface area contributed by atoms with E-state index in [1.54, 1.807) is 12.1 Å². The molecule has 2 aliphatic carbocycles. The van der Waals surface area contributed by atoms with Crippen LogP contribution >= 0.6 is 0 Å². The third-order valence-corrected chi connectivity index (χ3v) is 5.95. The molecule has 2 aromatic rings. The molecule has 1 aliphatic heterocycles. The number of benzene rings is 1. The predicted molar refractivity (Wildman–Crippen MR) is 105 cm³/mol. The highest BCUT2D eigenvalue weighted by molar-refractivity contribution is 5.90. The Morgan fingerprint density at radius 3 is 2.64 bits per heavy atom. The summed E-state index contributed by atoms with van der Waals surface area (Å²) in [6, 6.07) is 15.3. The van der Waals surface area contributed by atoms with Crippen LogP contribution in [0.25, 0.3) is 0 Å². The number of urea groups is 1. The summed E-state index contributed by atoms with van der Waals surface area (Å²) in [5, 5.41) is 2.89. The smallest absolute Gasteiger partial charge is 0.318 e. The minimum atomic E-state index is -0.335. The van der Waals surface area contributed by atoms with Gasteiger partial charge < -0.3 is 10.2 Å². The van der Waals surface area contributed by atoms with Crippen molar-refractivity contribution in [3.05, 3.63) is 65.0 Å². The Bertz CT molecular complexity index is 887. The molecule has 0 bridgehead atoms. The number of anilines is 1. The molecule has 0 radical (unpaired) electrons. The highest BCUT2D eigenvalue weighted by atomic mass is 19.1. The van der Waals surface area contributed by atoms with Gasteiger partial charge in [-0.1, -0.05) is 18.2 Å². The number of hydrogen-bond donors (Lipinski definition) is 1. The van der Waals surface area contributed by atoms with Gasteiger partial charge in [0.1, 0.15) is 5.82 Å². The van der Waals surface area contributed by atoms with Crippen LogP contribution < -0.4 is 5.32 Å². The van der Waals surface area contributed by atoms with Gasteiger partial charge in [-0.25, -0.2) is 9.18 Å². The molecule has 144 valence electrons. The third-order valence-electron chi connectivity index (χ3n) is 5.95. The lowest BCUT2D eigenvalue weighted by molar-refractivity contribution is 0.119. The molecule has 2 amide bonds. The Morgan fingerprint density at radius 2 is 1.93 bits per heavy atom. The zero-order valence-corrected chi connectivity index (χ0v) is 15.9. The van der Waals surface area contributed by atoms with Crippen LogP contribution in [0.2, 0.25) is 0 Å². The van der Waals surface area contributed by atoms with Gasteiger partial charge in [0.15, 0.2) is 0 Å². The lowest BCUT2D eigenvalue weighted by Gasteiger charge is -2.38. The van der Waals surface area contributed by atoms with Gasteiger partial charge in [-0.2, -0.15) is 0 Å². The number of carbonyl (C=O) groups is 1. The molecule has 1 saturated carbocycles. The highest BCUT2D eigenvalue weighted by Crippen LogP contribution is 2.33. The monoisotopic (exact) mass is 377 g/mol. The zero-order chi connectivity index (χ0) is 19.1. The third kappa shape index (κ3) is 3.83. The minimum absolute atomic E-state index is 0.0967. The molecule has 4 nitrogen and oxygen atoms in total. The molecule has 5 rings (SSSR count). The topological polar surface area (TPSA) is 35.6 Å². The number of nitrogens with one attached hydrogen (secondary N) is 1. The molecule has 0 aromatic heterocycles. The molecule has 1 N–H and O–H groups in total. The zero-order valence-electron chi connectivity index (χ0n) is 15.9. The van der Waals surface area contributed by atoms with E-state index in [9.17, 15) is 9.18 Å². The van der Waals surface area contributed by atoms with E-state index < -0.39 is 0 Å². The fourth-order valence-electron chi connectivity index (χ4n) is 4.23. The molecule has 28 heavy (non-hydrogen) atoms. The molecule has 0 spiro atoms. The summed E-state index contributed by atoms with van der Waals surface area (Å²) in [5.74, 6) is -0.335. The standard InChI is InChI=1S/C23H24FN3O/c24-19-2-1-3-20(14-19)25-23(28)27(21-6-7-21)22-8-10-26(11-9-22)15-16-4-5-17-13-18(17)12-16/h1-3,12,14,21-22H,6-11,13,15H2,(H,25,28). The van der Waals surface area contributed by atoms with Gasteiger partial charge in [-0.05, 0) is 55.5 Å². The first-order valence-electron chi connectivity index (χ1n) is 10.2. The van der Waals surface area contributed by atoms with Crippen LogP contribution in [0.15, 0.2) is 30.3 Å². The summed E-state index contributed by atoms with van der Waals surface area (Å²) in [6.07, 6.45) is 5.16. The van der Waals surface area contributed by atoms with Crippen LogP contribution in [0, 0.1) is 17.9 Å². The molecule has 2 aromatic carbocycles. The molecule has 1 saturated heterocycles. The van der Waals surface area contributed by atoms with Crippen molar-refractivity contribution in [2.75, 3.05) is 18.4 Å². The van der Waals surface area contributed by atoms with E-state index in [0.717, 1.165) is 51.7 Å². The Morgan fingerprint density at radius 1 is 1.14 bits per heavy atom. The fraction of sp³-hybridized carbons (Fsp3) is 0.435. The summed E-state index contributed by atoms with van der Waals surface area (Å²) in [4.78, 5) is 17.4. The maximum Gasteiger partial charge on any atom is 0.322 e. The van der Waals surface area contributed by atoms with Gasteiger partial charge in [0, 0.05) is 55.0 Å². The van der Waals surface area contributed by atoms with Gasteiger partial charge in [-0.15, -0.1) is 0 Å². The van der Waals surface area contributed by atoms with Crippen molar-refractivity contribution in [1.82, 2.24) is 9.80 Å². The lowest BCUT2D eigenvalue weighted by atomic mass is 10.0. The normalized spacial score (nSPS) is 18.9. The van der Waals surface area contributed by atoms with Crippen molar-refractivity contribution in [1.29, 1.82) is 0 Å². The van der Waals surface area contributed by atoms with Gasteiger partial charge >= 0.3 is 6.03 Å². The van der Waals surface area contributed by atoms with E-state index >= 15 is 0 Å². The SMILES string of the molecule is O=C(Nc1cccc(F)c1)N(C1CC1)C1CCN(Cc2c#cc3c(c2)C3)CC1. The van der Waals surface area contributed by atoms with Crippen LogP contribution in [0.4, 0.5) is 14.9 Å². The van der Waals surface area contributed by atoms with Crippen LogP contribution in [-0.2, 0) is 13.0 Å².